The molecule has 0 spiro atoms. The van der Waals surface area contributed by atoms with Crippen molar-refractivity contribution >= 4 is 16.0 Å². The molecule has 6 nitrogen and oxygen atoms in total. The summed E-state index contributed by atoms with van der Waals surface area (Å²) in [6.45, 7) is 3.22. The second kappa shape index (κ2) is 6.50. The average molecular weight is 324 g/mol. The molecule has 2 heterocycles. The third kappa shape index (κ3) is 3.57. The van der Waals surface area contributed by atoms with Crippen LogP contribution in [0.5, 0.6) is 0 Å². The van der Waals surface area contributed by atoms with E-state index in [0.29, 0.717) is 18.9 Å². The highest BCUT2D eigenvalue weighted by molar-refractivity contribution is 7.90. The number of hydrogen-bond donors (Lipinski definition) is 1. The maximum absolute atomic E-state index is 12.6. The molecule has 1 atom stereocenters. The molecule has 1 aromatic heterocycles. The molecule has 2 fully saturated rings. The molecule has 22 heavy (non-hydrogen) atoms. The van der Waals surface area contributed by atoms with Gasteiger partial charge in [-0.1, -0.05) is 12.8 Å². The Bertz CT molecular complexity index is 614. The van der Waals surface area contributed by atoms with Crippen molar-refractivity contribution in [2.45, 2.75) is 56.7 Å². The van der Waals surface area contributed by atoms with Crippen molar-refractivity contribution in [2.24, 2.45) is 0 Å². The molecule has 122 valence electrons. The van der Waals surface area contributed by atoms with Gasteiger partial charge in [0.25, 0.3) is 0 Å². The zero-order valence-electron chi connectivity index (χ0n) is 13.0. The molecule has 1 saturated heterocycles. The van der Waals surface area contributed by atoms with Crippen LogP contribution in [0.25, 0.3) is 0 Å². The van der Waals surface area contributed by atoms with Crippen molar-refractivity contribution in [3.63, 3.8) is 0 Å². The lowest BCUT2D eigenvalue weighted by Crippen LogP contribution is -2.48. The summed E-state index contributed by atoms with van der Waals surface area (Å²) in [6, 6.07) is 1.99. The van der Waals surface area contributed by atoms with E-state index in [1.807, 2.05) is 17.9 Å². The molecule has 0 amide bonds. The Labute approximate surface area is 132 Å². The van der Waals surface area contributed by atoms with E-state index < -0.39 is 10.0 Å². The summed E-state index contributed by atoms with van der Waals surface area (Å²) < 4.78 is 28.1. The van der Waals surface area contributed by atoms with Crippen LogP contribution in [0.15, 0.2) is 12.3 Å². The third-order valence-electron chi connectivity index (χ3n) is 4.57. The monoisotopic (exact) mass is 324 g/mol. The maximum atomic E-state index is 12.6. The molecule has 0 radical (unpaired) electrons. The van der Waals surface area contributed by atoms with Crippen molar-refractivity contribution in [1.82, 2.24) is 14.7 Å². The molecule has 1 aromatic rings. The first-order valence-corrected chi connectivity index (χ1v) is 9.65. The largest absolute Gasteiger partial charge is 0.339 e. The number of nitrogens with one attached hydrogen (secondary N) is 1. The van der Waals surface area contributed by atoms with Gasteiger partial charge in [-0.15, -0.1) is 0 Å². The summed E-state index contributed by atoms with van der Waals surface area (Å²) in [6.07, 6.45) is 7.49. The van der Waals surface area contributed by atoms with E-state index in [-0.39, 0.29) is 11.3 Å². The van der Waals surface area contributed by atoms with Crippen molar-refractivity contribution < 1.29 is 8.42 Å². The summed E-state index contributed by atoms with van der Waals surface area (Å²) in [5.41, 5.74) is 0.902. The predicted octanol–water partition coefficient (Wildman–Crippen LogP) is 1.62. The van der Waals surface area contributed by atoms with Crippen LogP contribution in [-0.2, 0) is 10.0 Å². The van der Waals surface area contributed by atoms with Crippen LogP contribution >= 0.6 is 0 Å². The summed E-state index contributed by atoms with van der Waals surface area (Å²) in [7, 11) is -3.27. The fourth-order valence-corrected chi connectivity index (χ4v) is 5.08. The number of aryl methyl sites for hydroxylation is 1. The number of anilines is 1. The first-order valence-electron chi connectivity index (χ1n) is 8.10. The van der Waals surface area contributed by atoms with Gasteiger partial charge in [0.05, 0.1) is 5.25 Å². The van der Waals surface area contributed by atoms with E-state index in [1.165, 1.54) is 0 Å². The summed E-state index contributed by atoms with van der Waals surface area (Å²) in [5, 5.41) is -0.369. The van der Waals surface area contributed by atoms with Crippen molar-refractivity contribution in [3.8, 4) is 0 Å². The fraction of sp³-hybridized carbons (Fsp3) is 0.733. The number of nitrogens with zero attached hydrogens (tertiary/aromatic N) is 3. The number of sulfonamides is 1. The highest BCUT2D eigenvalue weighted by Gasteiger charge is 2.33. The second-order valence-corrected chi connectivity index (χ2v) is 8.34. The number of hydrogen-bond acceptors (Lipinski definition) is 5. The average Bonchev–Trinajstić information content (AvgIpc) is 3.00. The van der Waals surface area contributed by atoms with E-state index >= 15 is 0 Å². The van der Waals surface area contributed by atoms with E-state index in [2.05, 4.69) is 14.7 Å². The minimum atomic E-state index is -3.27. The van der Waals surface area contributed by atoms with Crippen molar-refractivity contribution in [1.29, 1.82) is 0 Å². The van der Waals surface area contributed by atoms with Gasteiger partial charge in [0, 0.05) is 31.0 Å². The van der Waals surface area contributed by atoms with Crippen LogP contribution in [0.3, 0.4) is 0 Å². The SMILES string of the molecule is Cc1ccnc(N2CCCC(S(=O)(=O)NC3CCCC3)C2)n1. The summed E-state index contributed by atoms with van der Waals surface area (Å²) >= 11 is 0. The molecular weight excluding hydrogens is 300 g/mol. The van der Waals surface area contributed by atoms with E-state index in [4.69, 9.17) is 0 Å². The van der Waals surface area contributed by atoms with Crippen LogP contribution in [0.1, 0.15) is 44.2 Å². The second-order valence-electron chi connectivity index (χ2n) is 6.35. The molecule has 1 aliphatic carbocycles. The van der Waals surface area contributed by atoms with Crippen LogP contribution < -0.4 is 9.62 Å². The number of rotatable bonds is 4. The zero-order chi connectivity index (χ0) is 15.6. The molecule has 1 unspecified atom stereocenters. The Morgan fingerprint density at radius 1 is 1.23 bits per heavy atom. The van der Waals surface area contributed by atoms with E-state index in [0.717, 1.165) is 44.3 Å². The lowest BCUT2D eigenvalue weighted by atomic mass is 10.1. The molecule has 2 aliphatic rings. The predicted molar refractivity (Wildman–Crippen MR) is 86.3 cm³/mol. The van der Waals surface area contributed by atoms with Gasteiger partial charge in [0.1, 0.15) is 0 Å². The van der Waals surface area contributed by atoms with Crippen molar-refractivity contribution in [3.05, 3.63) is 18.0 Å². The molecule has 0 aromatic carbocycles. The lowest BCUT2D eigenvalue weighted by Gasteiger charge is -2.33. The highest BCUT2D eigenvalue weighted by Crippen LogP contribution is 2.23. The van der Waals surface area contributed by atoms with Crippen LogP contribution in [-0.4, -0.2) is 42.8 Å². The van der Waals surface area contributed by atoms with Gasteiger partial charge in [-0.25, -0.2) is 23.1 Å². The van der Waals surface area contributed by atoms with Gasteiger partial charge in [-0.3, -0.25) is 0 Å². The van der Waals surface area contributed by atoms with Gasteiger partial charge in [0.2, 0.25) is 16.0 Å². The van der Waals surface area contributed by atoms with Gasteiger partial charge in [-0.05, 0) is 38.7 Å². The van der Waals surface area contributed by atoms with Crippen LogP contribution in [0, 0.1) is 6.92 Å². The fourth-order valence-electron chi connectivity index (χ4n) is 3.33. The Hall–Kier alpha value is -1.21. The smallest absolute Gasteiger partial charge is 0.225 e. The molecule has 0 bridgehead atoms. The molecule has 3 rings (SSSR count). The maximum Gasteiger partial charge on any atom is 0.225 e. The van der Waals surface area contributed by atoms with Crippen LogP contribution in [0.2, 0.25) is 0 Å². The Balaban J connectivity index is 1.69. The summed E-state index contributed by atoms with van der Waals surface area (Å²) in [4.78, 5) is 10.7. The molecule has 1 saturated carbocycles. The molecule has 7 heteroatoms. The Morgan fingerprint density at radius 2 is 2.00 bits per heavy atom. The lowest BCUT2D eigenvalue weighted by molar-refractivity contribution is 0.503. The minimum absolute atomic E-state index is 0.135. The molecule has 1 aliphatic heterocycles. The van der Waals surface area contributed by atoms with Gasteiger partial charge >= 0.3 is 0 Å². The number of piperidine rings is 1. The third-order valence-corrected chi connectivity index (χ3v) is 6.49. The standard InChI is InChI=1S/C15H24N4O2S/c1-12-8-9-16-15(17-12)19-10-4-7-14(11-19)22(20,21)18-13-5-2-3-6-13/h8-9,13-14,18H,2-7,10-11H2,1H3. The van der Waals surface area contributed by atoms with Gasteiger partial charge in [-0.2, -0.15) is 0 Å². The molecule has 1 N–H and O–H groups in total. The van der Waals surface area contributed by atoms with E-state index in [9.17, 15) is 8.42 Å². The zero-order valence-corrected chi connectivity index (χ0v) is 13.8. The normalized spacial score (nSPS) is 23.9. The summed E-state index contributed by atoms with van der Waals surface area (Å²) in [5.74, 6) is 0.640. The Morgan fingerprint density at radius 3 is 2.73 bits per heavy atom. The first kappa shape index (κ1) is 15.7. The van der Waals surface area contributed by atoms with Crippen LogP contribution in [0.4, 0.5) is 5.95 Å². The van der Waals surface area contributed by atoms with E-state index in [1.54, 1.807) is 6.20 Å². The minimum Gasteiger partial charge on any atom is -0.339 e. The Kier molecular flexibility index (Phi) is 4.63. The highest BCUT2D eigenvalue weighted by atomic mass is 32.2. The first-order chi connectivity index (χ1) is 10.5. The number of aromatic nitrogens is 2. The van der Waals surface area contributed by atoms with Gasteiger partial charge in [0.15, 0.2) is 0 Å². The van der Waals surface area contributed by atoms with Crippen molar-refractivity contribution in [2.75, 3.05) is 18.0 Å². The quantitative estimate of drug-likeness (QED) is 0.911. The molecular formula is C15H24N4O2S. The topological polar surface area (TPSA) is 75.2 Å². The van der Waals surface area contributed by atoms with Gasteiger partial charge < -0.3 is 4.90 Å².